The van der Waals surface area contributed by atoms with E-state index in [4.69, 9.17) is 0 Å². The van der Waals surface area contributed by atoms with Crippen LogP contribution in [0.1, 0.15) is 26.2 Å². The molecule has 1 aromatic heterocycles. The summed E-state index contributed by atoms with van der Waals surface area (Å²) in [6.07, 6.45) is 8.32. The van der Waals surface area contributed by atoms with Crippen LogP contribution < -0.4 is 5.32 Å². The third kappa shape index (κ3) is 2.19. The number of piperazine rings is 1. The largest absolute Gasteiger partial charge is 0.345 e. The molecule has 108 valence electrons. The number of aryl methyl sites for hydroxylation is 1. The van der Waals surface area contributed by atoms with E-state index < -0.39 is 5.54 Å². The first-order valence-electron chi connectivity index (χ1n) is 7.17. The molecule has 1 aliphatic heterocycles. The zero-order valence-corrected chi connectivity index (χ0v) is 11.7. The van der Waals surface area contributed by atoms with Crippen LogP contribution in [0.5, 0.6) is 0 Å². The standard InChI is InChI=1S/C14H20N4O2/c1-14(11-3-4-11)13(20)16-9-12(19)18(14)7-2-6-17-8-5-15-10-17/h5,8,10-11H,2-4,6-7,9H2,1H3,(H,16,20). The lowest BCUT2D eigenvalue weighted by molar-refractivity contribution is -0.154. The Morgan fingerprint density at radius 2 is 2.20 bits per heavy atom. The molecule has 1 aromatic rings. The van der Waals surface area contributed by atoms with Crippen molar-refractivity contribution in [2.75, 3.05) is 13.1 Å². The van der Waals surface area contributed by atoms with Crippen LogP contribution in [0.4, 0.5) is 0 Å². The first kappa shape index (κ1) is 13.1. The molecular weight excluding hydrogens is 256 g/mol. The van der Waals surface area contributed by atoms with E-state index in [-0.39, 0.29) is 18.4 Å². The highest BCUT2D eigenvalue weighted by atomic mass is 16.2. The summed E-state index contributed by atoms with van der Waals surface area (Å²) in [5.74, 6) is 0.354. The number of carbonyl (C=O) groups excluding carboxylic acids is 2. The van der Waals surface area contributed by atoms with Gasteiger partial charge in [0.15, 0.2) is 0 Å². The summed E-state index contributed by atoms with van der Waals surface area (Å²) in [4.78, 5) is 30.2. The Bertz CT molecular complexity index is 509. The number of amides is 2. The average Bonchev–Trinajstić information content (AvgIpc) is 3.17. The molecule has 2 heterocycles. The normalized spacial score (nSPS) is 26.8. The van der Waals surface area contributed by atoms with Crippen LogP contribution in [0.25, 0.3) is 0 Å². The van der Waals surface area contributed by atoms with Gasteiger partial charge in [0.2, 0.25) is 11.8 Å². The molecule has 2 amide bonds. The quantitative estimate of drug-likeness (QED) is 0.846. The SMILES string of the molecule is CC1(C2CC2)C(=O)NCC(=O)N1CCCn1ccnc1. The summed E-state index contributed by atoms with van der Waals surface area (Å²) in [6.45, 7) is 3.48. The second kappa shape index (κ2) is 4.92. The van der Waals surface area contributed by atoms with Gasteiger partial charge >= 0.3 is 0 Å². The highest BCUT2D eigenvalue weighted by Gasteiger charge is 2.54. The van der Waals surface area contributed by atoms with Gasteiger partial charge in [0, 0.05) is 25.5 Å². The van der Waals surface area contributed by atoms with Crippen LogP contribution in [-0.4, -0.2) is 44.9 Å². The van der Waals surface area contributed by atoms with E-state index in [0.29, 0.717) is 12.5 Å². The Morgan fingerprint density at radius 3 is 2.85 bits per heavy atom. The first-order valence-corrected chi connectivity index (χ1v) is 7.17. The molecule has 1 unspecified atom stereocenters. The number of carbonyl (C=O) groups is 2. The Labute approximate surface area is 118 Å². The molecule has 0 spiro atoms. The van der Waals surface area contributed by atoms with Crippen LogP contribution in [-0.2, 0) is 16.1 Å². The van der Waals surface area contributed by atoms with Gasteiger partial charge < -0.3 is 14.8 Å². The molecule has 3 rings (SSSR count). The second-order valence-electron chi connectivity index (χ2n) is 5.80. The lowest BCUT2D eigenvalue weighted by Gasteiger charge is -2.44. The Balaban J connectivity index is 1.67. The van der Waals surface area contributed by atoms with Gasteiger partial charge in [-0.15, -0.1) is 0 Å². The van der Waals surface area contributed by atoms with E-state index in [1.54, 1.807) is 17.4 Å². The van der Waals surface area contributed by atoms with Crippen molar-refractivity contribution in [3.8, 4) is 0 Å². The van der Waals surface area contributed by atoms with Gasteiger partial charge in [-0.05, 0) is 32.1 Å². The fourth-order valence-corrected chi connectivity index (χ4v) is 3.05. The summed E-state index contributed by atoms with van der Waals surface area (Å²) in [6, 6.07) is 0. The fourth-order valence-electron chi connectivity index (χ4n) is 3.05. The predicted octanol–water partition coefficient (Wildman–Crippen LogP) is 0.400. The second-order valence-corrected chi connectivity index (χ2v) is 5.80. The molecule has 0 aromatic carbocycles. The smallest absolute Gasteiger partial charge is 0.246 e. The Kier molecular flexibility index (Phi) is 3.23. The maximum atomic E-state index is 12.2. The molecule has 2 aliphatic rings. The van der Waals surface area contributed by atoms with Crippen LogP contribution >= 0.6 is 0 Å². The van der Waals surface area contributed by atoms with Gasteiger partial charge in [-0.1, -0.05) is 0 Å². The van der Waals surface area contributed by atoms with Crippen molar-refractivity contribution in [2.45, 2.75) is 38.3 Å². The molecule has 20 heavy (non-hydrogen) atoms. The number of rotatable bonds is 5. The molecular formula is C14H20N4O2. The number of hydrogen-bond acceptors (Lipinski definition) is 3. The summed E-state index contributed by atoms with van der Waals surface area (Å²) in [7, 11) is 0. The molecule has 1 atom stereocenters. The molecule has 1 saturated heterocycles. The van der Waals surface area contributed by atoms with Gasteiger partial charge in [-0.3, -0.25) is 9.59 Å². The van der Waals surface area contributed by atoms with Crippen LogP contribution in [0.2, 0.25) is 0 Å². The zero-order valence-electron chi connectivity index (χ0n) is 11.7. The molecule has 1 saturated carbocycles. The van der Waals surface area contributed by atoms with Crippen molar-refractivity contribution in [1.82, 2.24) is 19.8 Å². The van der Waals surface area contributed by atoms with E-state index in [0.717, 1.165) is 25.8 Å². The maximum Gasteiger partial charge on any atom is 0.246 e. The fraction of sp³-hybridized carbons (Fsp3) is 0.643. The van der Waals surface area contributed by atoms with Crippen molar-refractivity contribution in [2.24, 2.45) is 5.92 Å². The summed E-state index contributed by atoms with van der Waals surface area (Å²) in [5, 5.41) is 2.73. The van der Waals surface area contributed by atoms with Gasteiger partial charge in [-0.25, -0.2) is 4.98 Å². The number of hydrogen-bond donors (Lipinski definition) is 1. The van der Waals surface area contributed by atoms with E-state index >= 15 is 0 Å². The van der Waals surface area contributed by atoms with Crippen molar-refractivity contribution >= 4 is 11.8 Å². The number of nitrogens with zero attached hydrogens (tertiary/aromatic N) is 3. The van der Waals surface area contributed by atoms with Crippen molar-refractivity contribution < 1.29 is 9.59 Å². The third-order valence-electron chi connectivity index (χ3n) is 4.45. The minimum atomic E-state index is -0.649. The zero-order chi connectivity index (χ0) is 14.2. The van der Waals surface area contributed by atoms with Gasteiger partial charge in [-0.2, -0.15) is 0 Å². The predicted molar refractivity (Wildman–Crippen MR) is 72.7 cm³/mol. The molecule has 0 radical (unpaired) electrons. The minimum Gasteiger partial charge on any atom is -0.345 e. The average molecular weight is 276 g/mol. The maximum absolute atomic E-state index is 12.2. The molecule has 0 bridgehead atoms. The lowest BCUT2D eigenvalue weighted by Crippen LogP contribution is -2.67. The van der Waals surface area contributed by atoms with Gasteiger partial charge in [0.05, 0.1) is 12.9 Å². The molecule has 2 fully saturated rings. The lowest BCUT2D eigenvalue weighted by atomic mass is 9.89. The van der Waals surface area contributed by atoms with Crippen molar-refractivity contribution in [3.63, 3.8) is 0 Å². The van der Waals surface area contributed by atoms with E-state index in [1.165, 1.54) is 0 Å². The number of nitrogens with one attached hydrogen (secondary N) is 1. The van der Waals surface area contributed by atoms with Crippen LogP contribution in [0.3, 0.4) is 0 Å². The third-order valence-corrected chi connectivity index (χ3v) is 4.45. The van der Waals surface area contributed by atoms with Crippen molar-refractivity contribution in [1.29, 1.82) is 0 Å². The molecule has 1 N–H and O–H groups in total. The molecule has 1 aliphatic carbocycles. The Hall–Kier alpha value is -1.85. The van der Waals surface area contributed by atoms with Gasteiger partial charge in [0.1, 0.15) is 5.54 Å². The van der Waals surface area contributed by atoms with Crippen LogP contribution in [0.15, 0.2) is 18.7 Å². The molecule has 6 nitrogen and oxygen atoms in total. The van der Waals surface area contributed by atoms with Crippen LogP contribution in [0, 0.1) is 5.92 Å². The topological polar surface area (TPSA) is 67.2 Å². The molecule has 6 heteroatoms. The minimum absolute atomic E-state index is 0.00207. The summed E-state index contributed by atoms with van der Waals surface area (Å²) in [5.41, 5.74) is -0.649. The number of aromatic nitrogens is 2. The highest BCUT2D eigenvalue weighted by molar-refractivity contribution is 5.98. The number of imidazole rings is 1. The summed E-state index contributed by atoms with van der Waals surface area (Å²) < 4.78 is 1.99. The first-order chi connectivity index (χ1) is 9.62. The van der Waals surface area contributed by atoms with E-state index in [9.17, 15) is 9.59 Å². The van der Waals surface area contributed by atoms with E-state index in [2.05, 4.69) is 10.3 Å². The monoisotopic (exact) mass is 276 g/mol. The van der Waals surface area contributed by atoms with Crippen molar-refractivity contribution in [3.05, 3.63) is 18.7 Å². The van der Waals surface area contributed by atoms with E-state index in [1.807, 2.05) is 17.7 Å². The Morgan fingerprint density at radius 1 is 1.40 bits per heavy atom. The highest BCUT2D eigenvalue weighted by Crippen LogP contribution is 2.44. The summed E-state index contributed by atoms with van der Waals surface area (Å²) >= 11 is 0. The van der Waals surface area contributed by atoms with Gasteiger partial charge in [0.25, 0.3) is 0 Å².